The first kappa shape index (κ1) is 14.5. The van der Waals surface area contributed by atoms with Crippen LogP contribution in [0.15, 0.2) is 29.2 Å². The number of rotatable bonds is 7. The van der Waals surface area contributed by atoms with Crippen molar-refractivity contribution in [2.45, 2.75) is 18.2 Å². The highest BCUT2D eigenvalue weighted by Gasteiger charge is 2.17. The topological polar surface area (TPSA) is 95.5 Å². The summed E-state index contributed by atoms with van der Waals surface area (Å²) in [7, 11) is -3.61. The minimum atomic E-state index is -3.61. The summed E-state index contributed by atoms with van der Waals surface area (Å²) in [6.45, 7) is 1.87. The van der Waals surface area contributed by atoms with Crippen molar-refractivity contribution < 1.29 is 18.3 Å². The third kappa shape index (κ3) is 4.01. The number of aliphatic carboxylic acids is 1. The number of carbonyl (C=O) groups is 1. The number of benzene rings is 1. The molecule has 0 fully saturated rings. The van der Waals surface area contributed by atoms with Gasteiger partial charge in [0.25, 0.3) is 0 Å². The van der Waals surface area contributed by atoms with E-state index in [1.165, 1.54) is 12.1 Å². The summed E-state index contributed by atoms with van der Waals surface area (Å²) in [6.07, 6.45) is 0.684. The van der Waals surface area contributed by atoms with Crippen LogP contribution in [0.5, 0.6) is 0 Å². The molecule has 0 amide bonds. The summed E-state index contributed by atoms with van der Waals surface area (Å²) in [5.41, 5.74) is 0.281. The molecule has 0 unspecified atom stereocenters. The Morgan fingerprint density at radius 2 is 2.00 bits per heavy atom. The van der Waals surface area contributed by atoms with Crippen LogP contribution in [0.1, 0.15) is 13.3 Å². The number of hydrogen-bond acceptors (Lipinski definition) is 4. The van der Waals surface area contributed by atoms with E-state index < -0.39 is 16.0 Å². The molecule has 0 aromatic heterocycles. The molecule has 18 heavy (non-hydrogen) atoms. The van der Waals surface area contributed by atoms with Gasteiger partial charge >= 0.3 is 5.97 Å². The van der Waals surface area contributed by atoms with Gasteiger partial charge < -0.3 is 10.4 Å². The normalized spacial score (nSPS) is 11.2. The van der Waals surface area contributed by atoms with E-state index in [-0.39, 0.29) is 17.1 Å². The average molecular weight is 272 g/mol. The highest BCUT2D eigenvalue weighted by Crippen LogP contribution is 2.20. The average Bonchev–Trinajstić information content (AvgIpc) is 2.34. The zero-order valence-electron chi connectivity index (χ0n) is 10.0. The Morgan fingerprint density at radius 1 is 1.33 bits per heavy atom. The van der Waals surface area contributed by atoms with Crippen LogP contribution in [-0.4, -0.2) is 32.6 Å². The largest absolute Gasteiger partial charge is 0.480 e. The van der Waals surface area contributed by atoms with Gasteiger partial charge in [0.1, 0.15) is 11.4 Å². The van der Waals surface area contributed by atoms with Gasteiger partial charge in [-0.05, 0) is 18.6 Å². The van der Waals surface area contributed by atoms with Gasteiger partial charge in [0.2, 0.25) is 10.0 Å². The Labute approximate surface area is 106 Å². The van der Waals surface area contributed by atoms with Crippen LogP contribution in [0.2, 0.25) is 0 Å². The Balaban J connectivity index is 2.97. The van der Waals surface area contributed by atoms with Gasteiger partial charge in [0.15, 0.2) is 0 Å². The number of anilines is 1. The van der Waals surface area contributed by atoms with Gasteiger partial charge in [-0.2, -0.15) is 0 Å². The van der Waals surface area contributed by atoms with Crippen molar-refractivity contribution in [1.29, 1.82) is 0 Å². The van der Waals surface area contributed by atoms with Gasteiger partial charge in [0, 0.05) is 6.54 Å². The van der Waals surface area contributed by atoms with Crippen molar-refractivity contribution in [2.24, 2.45) is 0 Å². The zero-order chi connectivity index (χ0) is 13.6. The molecule has 0 aliphatic carbocycles. The lowest BCUT2D eigenvalue weighted by Crippen LogP contribution is -2.25. The summed E-state index contributed by atoms with van der Waals surface area (Å²) >= 11 is 0. The number of para-hydroxylation sites is 1. The molecule has 3 N–H and O–H groups in total. The summed E-state index contributed by atoms with van der Waals surface area (Å²) < 4.78 is 26.4. The molecule has 0 aliphatic heterocycles. The van der Waals surface area contributed by atoms with Gasteiger partial charge in [-0.25, -0.2) is 13.1 Å². The molecule has 7 heteroatoms. The molecule has 0 saturated heterocycles. The van der Waals surface area contributed by atoms with Crippen LogP contribution < -0.4 is 10.0 Å². The first-order valence-electron chi connectivity index (χ1n) is 5.51. The zero-order valence-corrected chi connectivity index (χ0v) is 10.8. The third-order valence-corrected chi connectivity index (χ3v) is 3.67. The molecule has 1 aromatic rings. The summed E-state index contributed by atoms with van der Waals surface area (Å²) in [4.78, 5) is 10.5. The lowest BCUT2D eigenvalue weighted by atomic mass is 10.3. The Bertz CT molecular complexity index is 514. The second kappa shape index (κ2) is 6.36. The van der Waals surface area contributed by atoms with Crippen molar-refractivity contribution in [2.75, 3.05) is 18.4 Å². The lowest BCUT2D eigenvalue weighted by molar-refractivity contribution is -0.134. The lowest BCUT2D eigenvalue weighted by Gasteiger charge is -2.11. The van der Waals surface area contributed by atoms with E-state index in [0.29, 0.717) is 13.0 Å². The van der Waals surface area contributed by atoms with Gasteiger partial charge in [-0.1, -0.05) is 19.1 Å². The maximum Gasteiger partial charge on any atom is 0.322 e. The minimum absolute atomic E-state index is 0.0553. The van der Waals surface area contributed by atoms with Crippen molar-refractivity contribution in [3.05, 3.63) is 24.3 Å². The smallest absolute Gasteiger partial charge is 0.322 e. The standard InChI is InChI=1S/C11H16N2O4S/c1-2-7-13-18(16,17)10-6-4-3-5-9(10)12-8-11(14)15/h3-6,12-13H,2,7-8H2,1H3,(H,14,15). The van der Waals surface area contributed by atoms with E-state index in [1.54, 1.807) is 12.1 Å². The number of sulfonamides is 1. The maximum atomic E-state index is 12.0. The van der Waals surface area contributed by atoms with Gasteiger partial charge in [0.05, 0.1) is 5.69 Å². The van der Waals surface area contributed by atoms with Crippen molar-refractivity contribution in [3.8, 4) is 0 Å². The second-order valence-electron chi connectivity index (χ2n) is 3.64. The van der Waals surface area contributed by atoms with Gasteiger partial charge in [-0.3, -0.25) is 4.79 Å². The molecule has 0 aliphatic rings. The first-order valence-corrected chi connectivity index (χ1v) is 7.00. The predicted octanol–water partition coefficient (Wildman–Crippen LogP) is 0.871. The Kier molecular flexibility index (Phi) is 5.11. The Morgan fingerprint density at radius 3 is 2.61 bits per heavy atom. The Hall–Kier alpha value is -1.60. The van der Waals surface area contributed by atoms with Crippen LogP contribution in [0.3, 0.4) is 0 Å². The van der Waals surface area contributed by atoms with Crippen LogP contribution >= 0.6 is 0 Å². The van der Waals surface area contributed by atoms with Crippen LogP contribution in [-0.2, 0) is 14.8 Å². The van der Waals surface area contributed by atoms with E-state index in [0.717, 1.165) is 0 Å². The van der Waals surface area contributed by atoms with Crippen LogP contribution in [0, 0.1) is 0 Å². The summed E-state index contributed by atoms with van der Waals surface area (Å²) in [6, 6.07) is 6.20. The van der Waals surface area contributed by atoms with E-state index in [2.05, 4.69) is 10.0 Å². The maximum absolute atomic E-state index is 12.0. The molecular weight excluding hydrogens is 256 g/mol. The molecule has 0 atom stereocenters. The molecule has 100 valence electrons. The van der Waals surface area contributed by atoms with Crippen molar-refractivity contribution >= 4 is 21.7 Å². The number of carboxylic acid groups (broad SMARTS) is 1. The summed E-state index contributed by atoms with van der Waals surface area (Å²) in [5.74, 6) is -1.05. The molecular formula is C11H16N2O4S. The highest BCUT2D eigenvalue weighted by molar-refractivity contribution is 7.89. The number of hydrogen-bond donors (Lipinski definition) is 3. The number of carboxylic acids is 1. The fourth-order valence-corrected chi connectivity index (χ4v) is 2.65. The molecule has 0 heterocycles. The monoisotopic (exact) mass is 272 g/mol. The van der Waals surface area contributed by atoms with E-state index in [4.69, 9.17) is 5.11 Å². The van der Waals surface area contributed by atoms with E-state index in [1.807, 2.05) is 6.92 Å². The molecule has 1 aromatic carbocycles. The summed E-state index contributed by atoms with van der Waals surface area (Å²) in [5, 5.41) is 11.2. The van der Waals surface area contributed by atoms with Crippen molar-refractivity contribution in [3.63, 3.8) is 0 Å². The quantitative estimate of drug-likeness (QED) is 0.684. The predicted molar refractivity (Wildman–Crippen MR) is 68.0 cm³/mol. The third-order valence-electron chi connectivity index (χ3n) is 2.15. The highest BCUT2D eigenvalue weighted by atomic mass is 32.2. The fourth-order valence-electron chi connectivity index (χ4n) is 1.33. The fraction of sp³-hybridized carbons (Fsp3) is 0.364. The SMILES string of the molecule is CCCNS(=O)(=O)c1ccccc1NCC(=O)O. The molecule has 1 rings (SSSR count). The molecule has 6 nitrogen and oxygen atoms in total. The van der Waals surface area contributed by atoms with Crippen molar-refractivity contribution in [1.82, 2.24) is 4.72 Å². The molecule has 0 bridgehead atoms. The minimum Gasteiger partial charge on any atom is -0.480 e. The van der Waals surface area contributed by atoms with E-state index >= 15 is 0 Å². The number of nitrogens with one attached hydrogen (secondary N) is 2. The first-order chi connectivity index (χ1) is 8.47. The van der Waals surface area contributed by atoms with E-state index in [9.17, 15) is 13.2 Å². The molecule has 0 spiro atoms. The molecule has 0 radical (unpaired) electrons. The second-order valence-corrected chi connectivity index (χ2v) is 5.38. The molecule has 0 saturated carbocycles. The van der Waals surface area contributed by atoms with Crippen LogP contribution in [0.25, 0.3) is 0 Å². The van der Waals surface area contributed by atoms with Gasteiger partial charge in [-0.15, -0.1) is 0 Å². The van der Waals surface area contributed by atoms with Crippen LogP contribution in [0.4, 0.5) is 5.69 Å².